The first-order chi connectivity index (χ1) is 8.70. The molecule has 0 saturated heterocycles. The van der Waals surface area contributed by atoms with Gasteiger partial charge in [-0.15, -0.1) is 0 Å². The predicted molar refractivity (Wildman–Crippen MR) is 76.9 cm³/mol. The minimum Gasteiger partial charge on any atom is -0.391 e. The molecule has 1 atom stereocenters. The van der Waals surface area contributed by atoms with E-state index >= 15 is 0 Å². The van der Waals surface area contributed by atoms with Gasteiger partial charge >= 0.3 is 0 Å². The number of hydrogen-bond acceptors (Lipinski definition) is 3. The molecule has 3 N–H and O–H groups in total. The molecule has 3 nitrogen and oxygen atoms in total. The average Bonchev–Trinajstić information content (AvgIpc) is 2.38. The van der Waals surface area contributed by atoms with E-state index in [0.29, 0.717) is 19.5 Å². The van der Waals surface area contributed by atoms with Gasteiger partial charge in [-0.2, -0.15) is 0 Å². The Balaban J connectivity index is 2.15. The molecule has 0 saturated carbocycles. The van der Waals surface area contributed by atoms with Crippen molar-refractivity contribution in [3.63, 3.8) is 0 Å². The van der Waals surface area contributed by atoms with Gasteiger partial charge in [0.15, 0.2) is 0 Å². The van der Waals surface area contributed by atoms with E-state index < -0.39 is 0 Å². The van der Waals surface area contributed by atoms with E-state index in [1.165, 1.54) is 10.8 Å². The molecule has 0 fully saturated rings. The predicted octanol–water partition coefficient (Wildman–Crippen LogP) is 1.99. The van der Waals surface area contributed by atoms with Gasteiger partial charge in [0.2, 0.25) is 0 Å². The summed E-state index contributed by atoms with van der Waals surface area (Å²) in [6, 6.07) is 14.6. The monoisotopic (exact) mass is 244 g/mol. The Morgan fingerprint density at radius 3 is 2.61 bits per heavy atom. The number of aliphatic hydroxyl groups is 1. The third-order valence-electron chi connectivity index (χ3n) is 3.16. The van der Waals surface area contributed by atoms with Crippen LogP contribution in [-0.2, 0) is 0 Å². The lowest BCUT2D eigenvalue weighted by Gasteiger charge is -2.22. The van der Waals surface area contributed by atoms with E-state index in [1.54, 1.807) is 0 Å². The van der Waals surface area contributed by atoms with Crippen LogP contribution in [0.2, 0.25) is 0 Å². The van der Waals surface area contributed by atoms with Gasteiger partial charge in [0, 0.05) is 19.3 Å². The molecule has 0 aliphatic rings. The zero-order valence-electron chi connectivity index (χ0n) is 10.7. The highest BCUT2D eigenvalue weighted by Crippen LogP contribution is 2.21. The molecule has 0 aliphatic carbocycles. The number of fused-ring (bicyclic) bond motifs is 1. The van der Waals surface area contributed by atoms with Crippen LogP contribution in [0.25, 0.3) is 10.8 Å². The maximum atomic E-state index is 9.77. The Morgan fingerprint density at radius 2 is 1.89 bits per heavy atom. The topological polar surface area (TPSA) is 49.5 Å². The third-order valence-corrected chi connectivity index (χ3v) is 3.16. The summed E-state index contributed by atoms with van der Waals surface area (Å²) in [6.07, 6.45) is 0.268. The first-order valence-corrected chi connectivity index (χ1v) is 6.29. The summed E-state index contributed by atoms with van der Waals surface area (Å²) < 4.78 is 0. The summed E-state index contributed by atoms with van der Waals surface area (Å²) in [4.78, 5) is 2.06. The van der Waals surface area contributed by atoms with Gasteiger partial charge in [0.1, 0.15) is 0 Å². The quantitative estimate of drug-likeness (QED) is 0.845. The van der Waals surface area contributed by atoms with E-state index in [0.717, 1.165) is 5.69 Å². The molecule has 96 valence electrons. The van der Waals surface area contributed by atoms with Crippen LogP contribution in [0, 0.1) is 0 Å². The van der Waals surface area contributed by atoms with E-state index in [1.807, 2.05) is 19.2 Å². The van der Waals surface area contributed by atoms with Crippen LogP contribution in [0.5, 0.6) is 0 Å². The van der Waals surface area contributed by atoms with Gasteiger partial charge in [-0.05, 0) is 35.9 Å². The lowest BCUT2D eigenvalue weighted by Crippen LogP contribution is -2.30. The number of hydrogen-bond donors (Lipinski definition) is 2. The maximum absolute atomic E-state index is 9.77. The van der Waals surface area contributed by atoms with Crippen molar-refractivity contribution in [2.45, 2.75) is 12.5 Å². The summed E-state index contributed by atoms with van der Waals surface area (Å²) in [6.45, 7) is 1.13. The number of nitrogens with two attached hydrogens (primary N) is 1. The molecule has 0 aromatic heterocycles. The molecule has 1 unspecified atom stereocenters. The summed E-state index contributed by atoms with van der Waals surface area (Å²) in [5.41, 5.74) is 6.56. The van der Waals surface area contributed by atoms with Crippen molar-refractivity contribution in [2.24, 2.45) is 5.73 Å². The van der Waals surface area contributed by atoms with Crippen LogP contribution in [0.15, 0.2) is 42.5 Å². The van der Waals surface area contributed by atoms with Crippen LogP contribution in [0.1, 0.15) is 6.42 Å². The Kier molecular flexibility index (Phi) is 4.18. The standard InChI is InChI=1S/C15H20N2O/c1-17(11-15(18)8-9-16)14-7-6-12-4-2-3-5-13(12)10-14/h2-7,10,15,18H,8-9,11,16H2,1H3. The lowest BCUT2D eigenvalue weighted by molar-refractivity contribution is 0.174. The van der Waals surface area contributed by atoms with Gasteiger partial charge in [0.25, 0.3) is 0 Å². The van der Waals surface area contributed by atoms with Gasteiger partial charge < -0.3 is 15.7 Å². The Bertz CT molecular complexity index is 513. The molecule has 0 radical (unpaired) electrons. The van der Waals surface area contributed by atoms with Crippen LogP contribution in [-0.4, -0.2) is 31.3 Å². The molecule has 2 aromatic rings. The van der Waals surface area contributed by atoms with Crippen LogP contribution in [0.3, 0.4) is 0 Å². The van der Waals surface area contributed by atoms with Crippen LogP contribution >= 0.6 is 0 Å². The smallest absolute Gasteiger partial charge is 0.0726 e. The summed E-state index contributed by atoms with van der Waals surface area (Å²) in [5, 5.41) is 12.2. The number of nitrogens with zero attached hydrogens (tertiary/aromatic N) is 1. The molecule has 2 aromatic carbocycles. The lowest BCUT2D eigenvalue weighted by atomic mass is 10.1. The van der Waals surface area contributed by atoms with Crippen molar-refractivity contribution in [3.05, 3.63) is 42.5 Å². The molecular weight excluding hydrogens is 224 g/mol. The molecule has 18 heavy (non-hydrogen) atoms. The zero-order valence-corrected chi connectivity index (χ0v) is 10.7. The van der Waals surface area contributed by atoms with Crippen molar-refractivity contribution in [1.29, 1.82) is 0 Å². The van der Waals surface area contributed by atoms with Gasteiger partial charge in [-0.1, -0.05) is 30.3 Å². The van der Waals surface area contributed by atoms with Crippen molar-refractivity contribution >= 4 is 16.5 Å². The second-order valence-corrected chi connectivity index (χ2v) is 4.64. The first kappa shape index (κ1) is 12.9. The maximum Gasteiger partial charge on any atom is 0.0726 e. The van der Waals surface area contributed by atoms with Crippen molar-refractivity contribution in [3.8, 4) is 0 Å². The molecule has 0 bridgehead atoms. The molecule has 3 heteroatoms. The molecule has 0 spiro atoms. The Labute approximate surface area is 108 Å². The third kappa shape index (κ3) is 3.00. The number of anilines is 1. The highest BCUT2D eigenvalue weighted by Gasteiger charge is 2.08. The summed E-state index contributed by atoms with van der Waals surface area (Å²) in [7, 11) is 1.99. The minimum atomic E-state index is -0.369. The summed E-state index contributed by atoms with van der Waals surface area (Å²) >= 11 is 0. The van der Waals surface area contributed by atoms with Crippen molar-refractivity contribution in [2.75, 3.05) is 25.0 Å². The number of benzene rings is 2. The fraction of sp³-hybridized carbons (Fsp3) is 0.333. The molecular formula is C15H20N2O. The van der Waals surface area contributed by atoms with E-state index in [2.05, 4.69) is 35.2 Å². The second kappa shape index (κ2) is 5.85. The van der Waals surface area contributed by atoms with Gasteiger partial charge in [-0.25, -0.2) is 0 Å². The van der Waals surface area contributed by atoms with Gasteiger partial charge in [0.05, 0.1) is 6.10 Å². The zero-order chi connectivity index (χ0) is 13.0. The molecule has 0 amide bonds. The molecule has 0 heterocycles. The average molecular weight is 244 g/mol. The Morgan fingerprint density at radius 1 is 1.17 bits per heavy atom. The highest BCUT2D eigenvalue weighted by atomic mass is 16.3. The number of rotatable bonds is 5. The fourth-order valence-electron chi connectivity index (χ4n) is 2.12. The summed E-state index contributed by atoms with van der Waals surface area (Å²) in [5.74, 6) is 0. The van der Waals surface area contributed by atoms with E-state index in [4.69, 9.17) is 5.73 Å². The highest BCUT2D eigenvalue weighted by molar-refractivity contribution is 5.85. The fourth-order valence-corrected chi connectivity index (χ4v) is 2.12. The van der Waals surface area contributed by atoms with Gasteiger partial charge in [-0.3, -0.25) is 0 Å². The molecule has 2 rings (SSSR count). The largest absolute Gasteiger partial charge is 0.391 e. The Hall–Kier alpha value is -1.58. The second-order valence-electron chi connectivity index (χ2n) is 4.64. The number of likely N-dealkylation sites (N-methyl/N-ethyl adjacent to an activating group) is 1. The molecule has 0 aliphatic heterocycles. The van der Waals surface area contributed by atoms with Crippen LogP contribution < -0.4 is 10.6 Å². The van der Waals surface area contributed by atoms with Crippen molar-refractivity contribution in [1.82, 2.24) is 0 Å². The van der Waals surface area contributed by atoms with Crippen LogP contribution in [0.4, 0.5) is 5.69 Å². The van der Waals surface area contributed by atoms with E-state index in [9.17, 15) is 5.11 Å². The number of aliphatic hydroxyl groups excluding tert-OH is 1. The normalized spacial score (nSPS) is 12.6. The first-order valence-electron chi connectivity index (χ1n) is 6.29. The van der Waals surface area contributed by atoms with E-state index in [-0.39, 0.29) is 6.10 Å². The van der Waals surface area contributed by atoms with Crippen molar-refractivity contribution < 1.29 is 5.11 Å². The minimum absolute atomic E-state index is 0.369. The SMILES string of the molecule is CN(CC(O)CCN)c1ccc2ccccc2c1.